The molecule has 0 aliphatic carbocycles. The summed E-state index contributed by atoms with van der Waals surface area (Å²) in [6.45, 7) is 3.59. The molecule has 2 aliphatic rings. The zero-order chi connectivity index (χ0) is 10.2. The molecule has 2 aliphatic heterocycles. The van der Waals surface area contributed by atoms with Gasteiger partial charge in [0.2, 0.25) is 10.0 Å². The molecule has 7 heteroatoms. The summed E-state index contributed by atoms with van der Waals surface area (Å²) >= 11 is 0. The maximum absolute atomic E-state index is 11.3. The van der Waals surface area contributed by atoms with E-state index >= 15 is 0 Å². The molecule has 98 valence electrons. The normalized spacial score (nSPS) is 24.8. The first-order valence-corrected chi connectivity index (χ1v) is 7.03. The molecule has 0 bridgehead atoms. The number of halogens is 2. The molecule has 2 fully saturated rings. The predicted molar refractivity (Wildman–Crippen MR) is 70.1 cm³/mol. The molecule has 2 saturated heterocycles. The van der Waals surface area contributed by atoms with Gasteiger partial charge in [0.25, 0.3) is 0 Å². The van der Waals surface area contributed by atoms with Crippen molar-refractivity contribution in [3.05, 3.63) is 0 Å². The Morgan fingerprint density at radius 1 is 1.12 bits per heavy atom. The standard InChI is InChI=1S/C9H18N2O2S.2ClH/c1-14(12,13)11-6-3-9(4-7-11)2-5-10-8-9;;/h10H,2-8H2,1H3;2*1H. The highest BCUT2D eigenvalue weighted by molar-refractivity contribution is 7.88. The molecule has 0 saturated carbocycles. The summed E-state index contributed by atoms with van der Waals surface area (Å²) < 4.78 is 24.2. The van der Waals surface area contributed by atoms with Crippen LogP contribution in [0.15, 0.2) is 0 Å². The van der Waals surface area contributed by atoms with Crippen molar-refractivity contribution in [1.29, 1.82) is 0 Å². The van der Waals surface area contributed by atoms with E-state index in [0.717, 1.165) is 25.9 Å². The number of nitrogens with one attached hydrogen (secondary N) is 1. The topological polar surface area (TPSA) is 49.4 Å². The average molecular weight is 291 g/mol. The lowest BCUT2D eigenvalue weighted by Crippen LogP contribution is -2.43. The van der Waals surface area contributed by atoms with Crippen LogP contribution < -0.4 is 5.32 Å². The second kappa shape index (κ2) is 5.87. The zero-order valence-corrected chi connectivity index (χ0v) is 11.9. The van der Waals surface area contributed by atoms with Gasteiger partial charge in [0.1, 0.15) is 0 Å². The summed E-state index contributed by atoms with van der Waals surface area (Å²) in [5, 5.41) is 3.37. The molecule has 0 aromatic heterocycles. The van der Waals surface area contributed by atoms with E-state index in [9.17, 15) is 8.42 Å². The fourth-order valence-corrected chi connectivity index (χ4v) is 3.36. The predicted octanol–water partition coefficient (Wildman–Crippen LogP) is 0.865. The first-order valence-electron chi connectivity index (χ1n) is 5.18. The van der Waals surface area contributed by atoms with Crippen LogP contribution in [0.1, 0.15) is 19.3 Å². The molecular formula is C9H20Cl2N2O2S. The number of sulfonamides is 1. The van der Waals surface area contributed by atoms with Gasteiger partial charge in [-0.2, -0.15) is 0 Å². The lowest BCUT2D eigenvalue weighted by molar-refractivity contribution is 0.175. The van der Waals surface area contributed by atoms with Crippen LogP contribution in [0.5, 0.6) is 0 Å². The van der Waals surface area contributed by atoms with E-state index in [1.165, 1.54) is 12.7 Å². The lowest BCUT2D eigenvalue weighted by Gasteiger charge is -2.37. The summed E-state index contributed by atoms with van der Waals surface area (Å²) in [4.78, 5) is 0. The molecule has 0 amide bonds. The minimum atomic E-state index is -2.96. The van der Waals surface area contributed by atoms with Gasteiger partial charge in [-0.15, -0.1) is 24.8 Å². The molecule has 1 N–H and O–H groups in total. The Morgan fingerprint density at radius 3 is 2.06 bits per heavy atom. The molecule has 2 rings (SSSR count). The minimum Gasteiger partial charge on any atom is -0.316 e. The van der Waals surface area contributed by atoms with Gasteiger partial charge in [0.05, 0.1) is 6.26 Å². The highest BCUT2D eigenvalue weighted by Crippen LogP contribution is 2.37. The van der Waals surface area contributed by atoms with Gasteiger partial charge < -0.3 is 5.32 Å². The largest absolute Gasteiger partial charge is 0.316 e. The van der Waals surface area contributed by atoms with Gasteiger partial charge >= 0.3 is 0 Å². The van der Waals surface area contributed by atoms with Gasteiger partial charge in [-0.05, 0) is 31.2 Å². The van der Waals surface area contributed by atoms with Crippen molar-refractivity contribution in [2.24, 2.45) is 5.41 Å². The van der Waals surface area contributed by atoms with Gasteiger partial charge in [-0.3, -0.25) is 0 Å². The molecule has 0 aromatic carbocycles. The van der Waals surface area contributed by atoms with E-state index in [-0.39, 0.29) is 24.8 Å². The van der Waals surface area contributed by atoms with Crippen molar-refractivity contribution in [2.45, 2.75) is 19.3 Å². The second-order valence-corrected chi connectivity index (χ2v) is 6.57. The highest BCUT2D eigenvalue weighted by atomic mass is 35.5. The maximum Gasteiger partial charge on any atom is 0.211 e. The highest BCUT2D eigenvalue weighted by Gasteiger charge is 2.38. The van der Waals surface area contributed by atoms with Gasteiger partial charge in [0, 0.05) is 19.6 Å². The number of rotatable bonds is 1. The monoisotopic (exact) mass is 290 g/mol. The minimum absolute atomic E-state index is 0. The summed E-state index contributed by atoms with van der Waals surface area (Å²) in [6, 6.07) is 0. The van der Waals surface area contributed by atoms with E-state index < -0.39 is 10.0 Å². The summed E-state index contributed by atoms with van der Waals surface area (Å²) in [6.07, 6.45) is 4.56. The zero-order valence-electron chi connectivity index (χ0n) is 9.44. The molecule has 0 radical (unpaired) electrons. The Hall–Kier alpha value is 0.450. The Morgan fingerprint density at radius 2 is 1.69 bits per heavy atom. The van der Waals surface area contributed by atoms with Crippen LogP contribution in [0.4, 0.5) is 0 Å². The van der Waals surface area contributed by atoms with Crippen LogP contribution in [0.25, 0.3) is 0 Å². The maximum atomic E-state index is 11.3. The van der Waals surface area contributed by atoms with Crippen LogP contribution in [-0.4, -0.2) is 45.2 Å². The quantitative estimate of drug-likeness (QED) is 0.780. The number of nitrogens with zero attached hydrogens (tertiary/aromatic N) is 1. The van der Waals surface area contributed by atoms with Crippen molar-refractivity contribution in [2.75, 3.05) is 32.4 Å². The van der Waals surface area contributed by atoms with Crippen molar-refractivity contribution in [1.82, 2.24) is 9.62 Å². The smallest absolute Gasteiger partial charge is 0.211 e. The van der Waals surface area contributed by atoms with Crippen molar-refractivity contribution in [3.8, 4) is 0 Å². The fraction of sp³-hybridized carbons (Fsp3) is 1.00. The van der Waals surface area contributed by atoms with Crippen molar-refractivity contribution >= 4 is 34.8 Å². The third-order valence-electron chi connectivity index (χ3n) is 3.58. The van der Waals surface area contributed by atoms with E-state index in [4.69, 9.17) is 0 Å². The molecule has 0 aromatic rings. The number of hydrogen-bond acceptors (Lipinski definition) is 3. The van der Waals surface area contributed by atoms with Crippen molar-refractivity contribution in [3.63, 3.8) is 0 Å². The summed E-state index contributed by atoms with van der Waals surface area (Å²) in [5.74, 6) is 0. The van der Waals surface area contributed by atoms with Crippen molar-refractivity contribution < 1.29 is 8.42 Å². The molecule has 1 spiro atoms. The van der Waals surface area contributed by atoms with Gasteiger partial charge in [-0.1, -0.05) is 0 Å². The van der Waals surface area contributed by atoms with Crippen LogP contribution in [0, 0.1) is 5.41 Å². The SMILES string of the molecule is CS(=O)(=O)N1CCC2(CCNC2)CC1.Cl.Cl. The molecule has 0 unspecified atom stereocenters. The number of hydrogen-bond donors (Lipinski definition) is 1. The van der Waals surface area contributed by atoms with E-state index in [0.29, 0.717) is 18.5 Å². The first-order chi connectivity index (χ1) is 6.52. The second-order valence-electron chi connectivity index (χ2n) is 4.59. The van der Waals surface area contributed by atoms with Crippen LogP contribution >= 0.6 is 24.8 Å². The van der Waals surface area contributed by atoms with Gasteiger partial charge in [0.15, 0.2) is 0 Å². The first kappa shape index (κ1) is 16.4. The van der Waals surface area contributed by atoms with E-state index in [2.05, 4.69) is 5.32 Å². The van der Waals surface area contributed by atoms with Crippen LogP contribution in [-0.2, 0) is 10.0 Å². The number of piperidine rings is 1. The molecular weight excluding hydrogens is 271 g/mol. The van der Waals surface area contributed by atoms with Gasteiger partial charge in [-0.25, -0.2) is 12.7 Å². The Kier molecular flexibility index (Phi) is 6.03. The summed E-state index contributed by atoms with van der Waals surface area (Å²) in [7, 11) is -2.96. The lowest BCUT2D eigenvalue weighted by atomic mass is 9.78. The van der Waals surface area contributed by atoms with E-state index in [1.54, 1.807) is 4.31 Å². The molecule has 0 atom stereocenters. The summed E-state index contributed by atoms with van der Waals surface area (Å²) in [5.41, 5.74) is 0.404. The van der Waals surface area contributed by atoms with Crippen LogP contribution in [0.3, 0.4) is 0 Å². The molecule has 4 nitrogen and oxygen atoms in total. The molecule has 2 heterocycles. The Labute approximate surface area is 110 Å². The third kappa shape index (κ3) is 3.47. The average Bonchev–Trinajstić information content (AvgIpc) is 2.53. The third-order valence-corrected chi connectivity index (χ3v) is 4.89. The Bertz CT molecular complexity index is 305. The fourth-order valence-electron chi connectivity index (χ4n) is 2.51. The van der Waals surface area contributed by atoms with E-state index in [1.807, 2.05) is 0 Å². The molecule has 16 heavy (non-hydrogen) atoms. The Balaban J connectivity index is 0.00000112. The van der Waals surface area contributed by atoms with Crippen LogP contribution in [0.2, 0.25) is 0 Å².